The third kappa shape index (κ3) is 6.86. The van der Waals surface area contributed by atoms with Crippen LogP contribution >= 0.6 is 0 Å². The highest BCUT2D eigenvalue weighted by Crippen LogP contribution is 2.42. The molecular formula is C40H35NO6. The molecule has 6 rings (SSSR count). The Morgan fingerprint density at radius 2 is 1.30 bits per heavy atom. The molecule has 1 aliphatic heterocycles. The molecule has 0 bridgehead atoms. The number of hydrogen-bond acceptors (Lipinski definition) is 6. The van der Waals surface area contributed by atoms with Gasteiger partial charge in [-0.1, -0.05) is 109 Å². The van der Waals surface area contributed by atoms with Crippen molar-refractivity contribution in [2.45, 2.75) is 24.5 Å². The van der Waals surface area contributed by atoms with Gasteiger partial charge in [0.25, 0.3) is 5.91 Å². The smallest absolute Gasteiger partial charge is 0.337 e. The van der Waals surface area contributed by atoms with Crippen molar-refractivity contribution in [3.05, 3.63) is 173 Å². The quantitative estimate of drug-likeness (QED) is 0.116. The van der Waals surface area contributed by atoms with E-state index in [0.717, 1.165) is 22.3 Å². The summed E-state index contributed by atoms with van der Waals surface area (Å²) in [5.41, 5.74) is 4.25. The van der Waals surface area contributed by atoms with Crippen molar-refractivity contribution in [2.24, 2.45) is 5.92 Å². The molecule has 1 heterocycles. The molecule has 0 saturated carbocycles. The maximum absolute atomic E-state index is 12.9. The molecule has 2 atom stereocenters. The molecule has 0 spiro atoms. The number of amides is 1. The van der Waals surface area contributed by atoms with Crippen LogP contribution in [-0.4, -0.2) is 37.7 Å². The number of rotatable bonds is 12. The van der Waals surface area contributed by atoms with Crippen LogP contribution in [0.25, 0.3) is 0 Å². The predicted octanol–water partition coefficient (Wildman–Crippen LogP) is 7.21. The molecule has 1 amide bonds. The molecule has 1 N–H and O–H groups in total. The van der Waals surface area contributed by atoms with Crippen molar-refractivity contribution in [1.29, 1.82) is 0 Å². The topological polar surface area (TPSA) is 90.9 Å². The Morgan fingerprint density at radius 3 is 1.87 bits per heavy atom. The van der Waals surface area contributed by atoms with Gasteiger partial charge in [-0.05, 0) is 65.4 Å². The lowest BCUT2D eigenvalue weighted by Crippen LogP contribution is -2.49. The molecule has 236 valence electrons. The molecule has 0 radical (unpaired) electrons. The van der Waals surface area contributed by atoms with Gasteiger partial charge in [0.05, 0.1) is 19.3 Å². The number of benzene rings is 5. The Bertz CT molecular complexity index is 1740. The number of cyclic esters (lactones) is 1. The fourth-order valence-corrected chi connectivity index (χ4v) is 6.04. The summed E-state index contributed by atoms with van der Waals surface area (Å²) in [6.45, 7) is 0.183. The van der Waals surface area contributed by atoms with Crippen LogP contribution in [0.15, 0.2) is 140 Å². The van der Waals surface area contributed by atoms with Gasteiger partial charge in [-0.25, -0.2) is 4.79 Å². The Hall–Kier alpha value is -5.53. The van der Waals surface area contributed by atoms with Crippen molar-refractivity contribution in [1.82, 2.24) is 0 Å². The minimum absolute atomic E-state index is 0.183. The largest absolute Gasteiger partial charge is 0.465 e. The molecule has 47 heavy (non-hydrogen) atoms. The molecule has 0 aromatic heterocycles. The van der Waals surface area contributed by atoms with Crippen molar-refractivity contribution in [2.75, 3.05) is 19.0 Å². The van der Waals surface area contributed by atoms with Crippen LogP contribution in [0.3, 0.4) is 0 Å². The predicted molar refractivity (Wildman–Crippen MR) is 179 cm³/mol. The fraction of sp³-hybridized carbons (Fsp3) is 0.175. The maximum Gasteiger partial charge on any atom is 0.337 e. The Morgan fingerprint density at radius 1 is 0.723 bits per heavy atom. The van der Waals surface area contributed by atoms with Gasteiger partial charge in [0, 0.05) is 11.3 Å². The highest BCUT2D eigenvalue weighted by molar-refractivity contribution is 6.05. The second-order valence-corrected chi connectivity index (χ2v) is 11.4. The number of carbonyl (C=O) groups is 3. The highest BCUT2D eigenvalue weighted by Gasteiger charge is 2.45. The summed E-state index contributed by atoms with van der Waals surface area (Å²) in [4.78, 5) is 37.6. The molecule has 1 aliphatic rings. The van der Waals surface area contributed by atoms with Crippen molar-refractivity contribution >= 4 is 23.5 Å². The first kappa shape index (κ1) is 31.5. The van der Waals surface area contributed by atoms with Gasteiger partial charge in [-0.15, -0.1) is 0 Å². The van der Waals surface area contributed by atoms with Crippen LogP contribution < -0.4 is 5.32 Å². The van der Waals surface area contributed by atoms with E-state index >= 15 is 0 Å². The molecule has 7 heteroatoms. The Balaban J connectivity index is 1.15. The van der Waals surface area contributed by atoms with E-state index in [1.165, 1.54) is 13.2 Å². The van der Waals surface area contributed by atoms with E-state index in [0.29, 0.717) is 29.7 Å². The molecule has 0 aliphatic carbocycles. The van der Waals surface area contributed by atoms with Gasteiger partial charge < -0.3 is 19.5 Å². The second-order valence-electron chi connectivity index (χ2n) is 11.4. The maximum atomic E-state index is 12.9. The average Bonchev–Trinajstić information content (AvgIpc) is 3.13. The lowest BCUT2D eigenvalue weighted by molar-refractivity contribution is -0.194. The molecule has 1 saturated heterocycles. The van der Waals surface area contributed by atoms with Gasteiger partial charge >= 0.3 is 11.9 Å². The summed E-state index contributed by atoms with van der Waals surface area (Å²) in [5.74, 6) is -1.53. The number of anilines is 1. The standard InChI is InChI=1S/C40H35NO6/c1-45-38(43)30-15-12-14-29(26-30)37(42)41-34-22-11-13-28(25-34)23-24-36-35(39(44)47-36)27-46-40(31-16-5-2-6-17-31,32-18-7-3-8-19-32)33-20-9-4-10-21-33/h2-22,25-26,35-36H,23-24,27H2,1H3,(H,41,42)/t35-,36-/m1/s1. The van der Waals surface area contributed by atoms with Crippen molar-refractivity contribution in [3.8, 4) is 0 Å². The van der Waals surface area contributed by atoms with Crippen LogP contribution in [0.5, 0.6) is 0 Å². The van der Waals surface area contributed by atoms with E-state index in [9.17, 15) is 14.4 Å². The van der Waals surface area contributed by atoms with E-state index < -0.39 is 17.5 Å². The first-order valence-corrected chi connectivity index (χ1v) is 15.6. The number of methoxy groups -OCH3 is 1. The monoisotopic (exact) mass is 625 g/mol. The summed E-state index contributed by atoms with van der Waals surface area (Å²) in [5, 5.41) is 2.90. The van der Waals surface area contributed by atoms with Gasteiger partial charge in [-0.3, -0.25) is 9.59 Å². The zero-order chi connectivity index (χ0) is 32.6. The van der Waals surface area contributed by atoms with Crippen LogP contribution in [0.4, 0.5) is 5.69 Å². The SMILES string of the molecule is COC(=O)c1cccc(C(=O)Nc2cccc(CC[C@H]3OC(=O)[C@@H]3COC(c3ccccc3)(c3ccccc3)c3ccccc3)c2)c1. The molecule has 5 aromatic carbocycles. The van der Waals surface area contributed by atoms with Gasteiger partial charge in [-0.2, -0.15) is 0 Å². The third-order valence-electron chi connectivity index (χ3n) is 8.49. The van der Waals surface area contributed by atoms with Crippen LogP contribution in [0, 0.1) is 5.92 Å². The summed E-state index contributed by atoms with van der Waals surface area (Å²) in [6.07, 6.45) is 0.937. The minimum Gasteiger partial charge on any atom is -0.465 e. The molecular weight excluding hydrogens is 590 g/mol. The number of aryl methyl sites for hydroxylation is 1. The number of carbonyl (C=O) groups excluding carboxylic acids is 3. The van der Waals surface area contributed by atoms with Gasteiger partial charge in [0.1, 0.15) is 17.6 Å². The summed E-state index contributed by atoms with van der Waals surface area (Å²) >= 11 is 0. The normalized spacial score (nSPS) is 15.6. The van der Waals surface area contributed by atoms with E-state index in [1.807, 2.05) is 78.9 Å². The van der Waals surface area contributed by atoms with Gasteiger partial charge in [0.15, 0.2) is 0 Å². The Labute approximate surface area is 274 Å². The Kier molecular flexibility index (Phi) is 9.55. The zero-order valence-electron chi connectivity index (χ0n) is 26.0. The van der Waals surface area contributed by atoms with Gasteiger partial charge in [0.2, 0.25) is 0 Å². The zero-order valence-corrected chi connectivity index (χ0v) is 26.0. The number of nitrogens with one attached hydrogen (secondary N) is 1. The van der Waals surface area contributed by atoms with E-state index in [2.05, 4.69) is 41.7 Å². The van der Waals surface area contributed by atoms with Crippen LogP contribution in [0.2, 0.25) is 0 Å². The number of esters is 2. The van der Waals surface area contributed by atoms with Crippen LogP contribution in [-0.2, 0) is 31.0 Å². The molecule has 5 aromatic rings. The summed E-state index contributed by atoms with van der Waals surface area (Å²) in [7, 11) is 1.30. The lowest BCUT2D eigenvalue weighted by Gasteiger charge is -2.40. The fourth-order valence-electron chi connectivity index (χ4n) is 6.04. The third-order valence-corrected chi connectivity index (χ3v) is 8.49. The van der Waals surface area contributed by atoms with Crippen molar-refractivity contribution < 1.29 is 28.6 Å². The minimum atomic E-state index is -0.924. The molecule has 7 nitrogen and oxygen atoms in total. The first-order chi connectivity index (χ1) is 23.0. The number of ether oxygens (including phenoxy) is 3. The summed E-state index contributed by atoms with van der Waals surface area (Å²) in [6, 6.07) is 44.2. The second kappa shape index (κ2) is 14.3. The highest BCUT2D eigenvalue weighted by atomic mass is 16.6. The molecule has 1 fully saturated rings. The van der Waals surface area contributed by atoms with E-state index in [4.69, 9.17) is 14.2 Å². The van der Waals surface area contributed by atoms with E-state index in [-0.39, 0.29) is 24.6 Å². The first-order valence-electron chi connectivity index (χ1n) is 15.6. The number of hydrogen-bond donors (Lipinski definition) is 1. The lowest BCUT2D eigenvalue weighted by atomic mass is 9.79. The van der Waals surface area contributed by atoms with Crippen molar-refractivity contribution in [3.63, 3.8) is 0 Å². The van der Waals surface area contributed by atoms with E-state index in [1.54, 1.807) is 18.2 Å². The van der Waals surface area contributed by atoms with Crippen LogP contribution in [0.1, 0.15) is 49.4 Å². The average molecular weight is 626 g/mol. The molecule has 0 unspecified atom stereocenters. The summed E-state index contributed by atoms with van der Waals surface area (Å²) < 4.78 is 17.3.